The smallest absolute Gasteiger partial charge is 0.295 e. The first-order chi connectivity index (χ1) is 5.37. The molecule has 0 saturated heterocycles. The standard InChI is InChI=1S/C9H20O2Si/c1-6-7-8(2)9(10)11-12(3,4)5/h8H,6-7H2,1-5H3. The zero-order chi connectivity index (χ0) is 9.78. The lowest BCUT2D eigenvalue weighted by atomic mass is 10.1. The normalized spacial score (nSPS) is 14.1. The molecule has 0 saturated carbocycles. The van der Waals surface area contributed by atoms with Crippen molar-refractivity contribution in [2.75, 3.05) is 0 Å². The van der Waals surface area contributed by atoms with Crippen molar-refractivity contribution in [1.82, 2.24) is 0 Å². The van der Waals surface area contributed by atoms with Gasteiger partial charge in [-0.2, -0.15) is 0 Å². The topological polar surface area (TPSA) is 26.3 Å². The zero-order valence-electron chi connectivity index (χ0n) is 8.81. The van der Waals surface area contributed by atoms with Gasteiger partial charge in [0.2, 0.25) is 8.32 Å². The summed E-state index contributed by atoms with van der Waals surface area (Å²) in [5, 5.41) is 0. The lowest BCUT2D eigenvalue weighted by Gasteiger charge is -2.20. The highest BCUT2D eigenvalue weighted by Gasteiger charge is 2.22. The molecule has 0 radical (unpaired) electrons. The number of hydrogen-bond acceptors (Lipinski definition) is 2. The fourth-order valence-electron chi connectivity index (χ4n) is 0.953. The van der Waals surface area contributed by atoms with Crippen LogP contribution in [0.5, 0.6) is 0 Å². The molecule has 0 aliphatic rings. The summed E-state index contributed by atoms with van der Waals surface area (Å²) in [4.78, 5) is 11.4. The number of carbonyl (C=O) groups is 1. The number of hydrogen-bond donors (Lipinski definition) is 0. The molecule has 0 aliphatic carbocycles. The van der Waals surface area contributed by atoms with Gasteiger partial charge < -0.3 is 4.43 Å². The molecule has 12 heavy (non-hydrogen) atoms. The first-order valence-corrected chi connectivity index (χ1v) is 8.00. The van der Waals surface area contributed by atoms with Crippen LogP contribution in [0.3, 0.4) is 0 Å². The Hall–Kier alpha value is -0.313. The van der Waals surface area contributed by atoms with Crippen LogP contribution in [0.1, 0.15) is 26.7 Å². The summed E-state index contributed by atoms with van der Waals surface area (Å²) in [6.45, 7) is 10.1. The Labute approximate surface area is 76.4 Å². The molecule has 3 heteroatoms. The Balaban J connectivity index is 3.87. The molecular weight excluding hydrogens is 168 g/mol. The van der Waals surface area contributed by atoms with Gasteiger partial charge in [0.1, 0.15) is 0 Å². The van der Waals surface area contributed by atoms with E-state index in [1.54, 1.807) is 0 Å². The van der Waals surface area contributed by atoms with Gasteiger partial charge in [-0.15, -0.1) is 0 Å². The molecule has 0 amide bonds. The Bertz CT molecular complexity index is 149. The average molecular weight is 188 g/mol. The van der Waals surface area contributed by atoms with E-state index in [0.717, 1.165) is 12.8 Å². The number of carbonyl (C=O) groups excluding carboxylic acids is 1. The van der Waals surface area contributed by atoms with E-state index < -0.39 is 8.32 Å². The van der Waals surface area contributed by atoms with E-state index in [4.69, 9.17) is 4.43 Å². The lowest BCUT2D eigenvalue weighted by Crippen LogP contribution is -2.31. The molecule has 72 valence electrons. The summed E-state index contributed by atoms with van der Waals surface area (Å²) in [7, 11) is -1.66. The Morgan fingerprint density at radius 2 is 1.92 bits per heavy atom. The predicted octanol–water partition coefficient (Wildman–Crippen LogP) is 2.80. The molecule has 0 heterocycles. The van der Waals surface area contributed by atoms with Gasteiger partial charge in [-0.3, -0.25) is 4.79 Å². The van der Waals surface area contributed by atoms with E-state index in [2.05, 4.69) is 6.92 Å². The third-order valence-corrected chi connectivity index (χ3v) is 2.34. The second-order valence-electron chi connectivity index (χ2n) is 4.22. The van der Waals surface area contributed by atoms with Crippen molar-refractivity contribution >= 4 is 14.3 Å². The molecule has 1 unspecified atom stereocenters. The summed E-state index contributed by atoms with van der Waals surface area (Å²) < 4.78 is 5.35. The van der Waals surface area contributed by atoms with Gasteiger partial charge in [-0.1, -0.05) is 20.3 Å². The average Bonchev–Trinajstić information content (AvgIpc) is 1.84. The maximum atomic E-state index is 11.4. The van der Waals surface area contributed by atoms with Crippen molar-refractivity contribution in [1.29, 1.82) is 0 Å². The first-order valence-electron chi connectivity index (χ1n) is 4.59. The van der Waals surface area contributed by atoms with E-state index in [1.807, 2.05) is 26.6 Å². The highest BCUT2D eigenvalue weighted by Crippen LogP contribution is 2.11. The van der Waals surface area contributed by atoms with E-state index >= 15 is 0 Å². The summed E-state index contributed by atoms with van der Waals surface area (Å²) in [5.74, 6) is 0.0535. The molecule has 0 aromatic rings. The third-order valence-electron chi connectivity index (χ3n) is 1.53. The van der Waals surface area contributed by atoms with Gasteiger partial charge >= 0.3 is 0 Å². The van der Waals surface area contributed by atoms with E-state index in [-0.39, 0.29) is 11.9 Å². The van der Waals surface area contributed by atoms with Crippen LogP contribution in [0.25, 0.3) is 0 Å². The molecule has 1 atom stereocenters. The van der Waals surface area contributed by atoms with Crippen molar-refractivity contribution in [2.45, 2.75) is 46.3 Å². The minimum Gasteiger partial charge on any atom is -0.520 e. The van der Waals surface area contributed by atoms with Crippen molar-refractivity contribution in [3.05, 3.63) is 0 Å². The molecule has 0 rings (SSSR count). The maximum Gasteiger partial charge on any atom is 0.295 e. The van der Waals surface area contributed by atoms with Gasteiger partial charge in [0.05, 0.1) is 5.92 Å². The van der Waals surface area contributed by atoms with Crippen LogP contribution in [0.4, 0.5) is 0 Å². The van der Waals surface area contributed by atoms with E-state index in [1.165, 1.54) is 0 Å². The van der Waals surface area contributed by atoms with E-state index in [9.17, 15) is 4.79 Å². The van der Waals surface area contributed by atoms with Crippen LogP contribution in [0.15, 0.2) is 0 Å². The summed E-state index contributed by atoms with van der Waals surface area (Å²) in [5.41, 5.74) is 0. The van der Waals surface area contributed by atoms with Gasteiger partial charge in [0.15, 0.2) is 0 Å². The lowest BCUT2D eigenvalue weighted by molar-refractivity contribution is -0.139. The van der Waals surface area contributed by atoms with Crippen LogP contribution in [0, 0.1) is 5.92 Å². The largest absolute Gasteiger partial charge is 0.520 e. The maximum absolute atomic E-state index is 11.4. The third kappa shape index (κ3) is 5.35. The van der Waals surface area contributed by atoms with Crippen LogP contribution < -0.4 is 0 Å². The molecule has 0 aromatic heterocycles. The van der Waals surface area contributed by atoms with Crippen molar-refractivity contribution in [3.63, 3.8) is 0 Å². The molecule has 0 aliphatic heterocycles. The summed E-state index contributed by atoms with van der Waals surface area (Å²) in [6.07, 6.45) is 1.98. The van der Waals surface area contributed by atoms with E-state index in [0.29, 0.717) is 0 Å². The van der Waals surface area contributed by atoms with Crippen molar-refractivity contribution < 1.29 is 9.22 Å². The van der Waals surface area contributed by atoms with Crippen LogP contribution in [0.2, 0.25) is 19.6 Å². The highest BCUT2D eigenvalue weighted by molar-refractivity contribution is 6.71. The predicted molar refractivity (Wildman–Crippen MR) is 53.5 cm³/mol. The Kier molecular flexibility index (Phi) is 4.53. The minimum absolute atomic E-state index is 0.0176. The van der Waals surface area contributed by atoms with Crippen LogP contribution >= 0.6 is 0 Å². The van der Waals surface area contributed by atoms with Gasteiger partial charge in [-0.25, -0.2) is 0 Å². The highest BCUT2D eigenvalue weighted by atomic mass is 28.4. The molecule has 0 spiro atoms. The van der Waals surface area contributed by atoms with Gasteiger partial charge in [-0.05, 0) is 26.1 Å². The minimum atomic E-state index is -1.66. The second kappa shape index (κ2) is 4.65. The first kappa shape index (κ1) is 11.7. The SMILES string of the molecule is CCCC(C)C(=O)O[Si](C)(C)C. The van der Waals surface area contributed by atoms with Gasteiger partial charge in [0, 0.05) is 0 Å². The van der Waals surface area contributed by atoms with Crippen LogP contribution in [-0.4, -0.2) is 14.3 Å². The molecule has 0 bridgehead atoms. The second-order valence-corrected chi connectivity index (χ2v) is 8.65. The monoisotopic (exact) mass is 188 g/mol. The molecule has 2 nitrogen and oxygen atoms in total. The van der Waals surface area contributed by atoms with Crippen molar-refractivity contribution in [2.24, 2.45) is 5.92 Å². The summed E-state index contributed by atoms with van der Waals surface area (Å²) in [6, 6.07) is 0. The fraction of sp³-hybridized carbons (Fsp3) is 0.889. The zero-order valence-corrected chi connectivity index (χ0v) is 9.81. The van der Waals surface area contributed by atoms with Gasteiger partial charge in [0.25, 0.3) is 5.97 Å². The molecule has 0 aromatic carbocycles. The summed E-state index contributed by atoms with van der Waals surface area (Å²) >= 11 is 0. The van der Waals surface area contributed by atoms with Crippen molar-refractivity contribution in [3.8, 4) is 0 Å². The van der Waals surface area contributed by atoms with Crippen LogP contribution in [-0.2, 0) is 9.22 Å². The number of rotatable bonds is 4. The molecule has 0 N–H and O–H groups in total. The fourth-order valence-corrected chi connectivity index (χ4v) is 1.76. The Morgan fingerprint density at radius 1 is 1.42 bits per heavy atom. The Morgan fingerprint density at radius 3 is 2.25 bits per heavy atom. The quantitative estimate of drug-likeness (QED) is 0.634. The molecule has 0 fully saturated rings. The molecular formula is C9H20O2Si.